The summed E-state index contributed by atoms with van der Waals surface area (Å²) in [6.45, 7) is 18.7. The van der Waals surface area contributed by atoms with Gasteiger partial charge in [-0.05, 0) is 145 Å². The number of unbranched alkanes of at least 4 members (excludes halogenated alkanes) is 6. The Morgan fingerprint density at radius 3 is 1.60 bits per heavy atom. The van der Waals surface area contributed by atoms with Gasteiger partial charge in [0, 0.05) is 36.5 Å². The summed E-state index contributed by atoms with van der Waals surface area (Å²) in [6, 6.07) is 38.5. The molecule has 0 radical (unpaired) electrons. The summed E-state index contributed by atoms with van der Waals surface area (Å²) in [5, 5.41) is 2.71. The van der Waals surface area contributed by atoms with E-state index in [1.807, 2.05) is 22.7 Å². The van der Waals surface area contributed by atoms with Crippen LogP contribution >= 0.6 is 38.6 Å². The second-order valence-corrected chi connectivity index (χ2v) is 22.3. The van der Waals surface area contributed by atoms with Gasteiger partial charge in [-0.3, -0.25) is 0 Å². The number of thiophene rings is 2. The first kappa shape index (κ1) is 40.3. The fourth-order valence-electron chi connectivity index (χ4n) is 9.45. The Kier molecular flexibility index (Phi) is 11.3. The maximum Gasteiger partial charge on any atom is 0.0705 e. The third-order valence-electron chi connectivity index (χ3n) is 12.7. The highest BCUT2D eigenvalue weighted by Gasteiger charge is 2.43. The number of hydrogen-bond acceptors (Lipinski definition) is 2. The fourth-order valence-corrected chi connectivity index (χ4v) is 11.9. The van der Waals surface area contributed by atoms with Crippen molar-refractivity contribution in [3.8, 4) is 37.0 Å². The van der Waals surface area contributed by atoms with E-state index in [0.717, 1.165) is 0 Å². The van der Waals surface area contributed by atoms with Crippen LogP contribution in [0.5, 0.6) is 0 Å². The van der Waals surface area contributed by atoms with Crippen molar-refractivity contribution in [2.75, 3.05) is 0 Å². The quantitative estimate of drug-likeness (QED) is 0.102. The lowest BCUT2D eigenvalue weighted by Gasteiger charge is -2.33. The van der Waals surface area contributed by atoms with Crippen LogP contribution < -0.4 is 0 Å². The van der Waals surface area contributed by atoms with Crippen molar-refractivity contribution in [1.82, 2.24) is 4.57 Å². The minimum Gasteiger partial charge on any atom is -0.309 e. The molecule has 8 rings (SSSR count). The molecule has 0 atom stereocenters. The molecule has 0 saturated carbocycles. The molecule has 0 aliphatic heterocycles. The minimum atomic E-state index is -0.0194. The normalized spacial score (nSPS) is 13.8. The standard InChI is InChI=1S/C53H60BrNS2/c1-9-11-13-15-29-53(30-16-14-12-10-2)43-31-35(47-25-26-48(56-47)49-27-28-50(54)57-49)17-21-39(43)40-22-20-38(34-44(40)53)55-45-23-18-36(51(3,4)5)32-41(45)42-33-37(52(6,7)8)19-24-46(42)55/h17-28,31-34H,9-16,29-30H2,1-8H3. The highest BCUT2D eigenvalue weighted by molar-refractivity contribution is 9.11. The van der Waals surface area contributed by atoms with Crippen LogP contribution in [-0.4, -0.2) is 4.57 Å². The van der Waals surface area contributed by atoms with E-state index in [0.29, 0.717) is 0 Å². The third-order valence-corrected chi connectivity index (χ3v) is 15.7. The van der Waals surface area contributed by atoms with Crippen LogP contribution in [-0.2, 0) is 16.2 Å². The van der Waals surface area contributed by atoms with Gasteiger partial charge in [0.15, 0.2) is 0 Å². The number of halogens is 1. The van der Waals surface area contributed by atoms with Crippen molar-refractivity contribution in [3.63, 3.8) is 0 Å². The van der Waals surface area contributed by atoms with E-state index in [4.69, 9.17) is 0 Å². The third kappa shape index (κ3) is 7.65. The van der Waals surface area contributed by atoms with Crippen molar-refractivity contribution in [1.29, 1.82) is 0 Å². The zero-order valence-electron chi connectivity index (χ0n) is 35.5. The van der Waals surface area contributed by atoms with Gasteiger partial charge >= 0.3 is 0 Å². The van der Waals surface area contributed by atoms with Crippen molar-refractivity contribution in [3.05, 3.63) is 123 Å². The molecule has 57 heavy (non-hydrogen) atoms. The molecule has 0 bridgehead atoms. The Morgan fingerprint density at radius 2 is 1.05 bits per heavy atom. The summed E-state index contributed by atoms with van der Waals surface area (Å²) in [5.74, 6) is 0. The van der Waals surface area contributed by atoms with Crippen molar-refractivity contribution < 1.29 is 0 Å². The summed E-state index contributed by atoms with van der Waals surface area (Å²) < 4.78 is 3.76. The Morgan fingerprint density at radius 1 is 0.526 bits per heavy atom. The first-order chi connectivity index (χ1) is 27.3. The Hall–Kier alpha value is -3.44. The van der Waals surface area contributed by atoms with Crippen LogP contribution in [0.25, 0.3) is 58.8 Å². The zero-order valence-corrected chi connectivity index (χ0v) is 38.7. The van der Waals surface area contributed by atoms with Gasteiger partial charge in [0.2, 0.25) is 0 Å². The first-order valence-electron chi connectivity index (χ1n) is 21.6. The van der Waals surface area contributed by atoms with Crippen LogP contribution in [0.3, 0.4) is 0 Å². The molecule has 7 aromatic rings. The van der Waals surface area contributed by atoms with E-state index in [2.05, 4.69) is 173 Å². The topological polar surface area (TPSA) is 4.93 Å². The van der Waals surface area contributed by atoms with Gasteiger partial charge in [-0.2, -0.15) is 0 Å². The molecule has 0 unspecified atom stereocenters. The molecule has 0 spiro atoms. The van der Waals surface area contributed by atoms with E-state index < -0.39 is 0 Å². The molecular weight excluding hydrogens is 795 g/mol. The summed E-state index contributed by atoms with van der Waals surface area (Å²) in [7, 11) is 0. The largest absolute Gasteiger partial charge is 0.309 e. The van der Waals surface area contributed by atoms with Gasteiger partial charge in [-0.25, -0.2) is 0 Å². The van der Waals surface area contributed by atoms with Crippen LogP contribution in [0.4, 0.5) is 0 Å². The first-order valence-corrected chi connectivity index (χ1v) is 24.0. The highest BCUT2D eigenvalue weighted by atomic mass is 79.9. The fraction of sp³-hybridized carbons (Fsp3) is 0.396. The van der Waals surface area contributed by atoms with Gasteiger partial charge in [-0.1, -0.05) is 137 Å². The molecule has 1 aliphatic carbocycles. The molecule has 0 saturated heterocycles. The van der Waals surface area contributed by atoms with Crippen LogP contribution in [0.2, 0.25) is 0 Å². The predicted molar refractivity (Wildman–Crippen MR) is 256 cm³/mol. The van der Waals surface area contributed by atoms with Crippen molar-refractivity contribution in [2.45, 2.75) is 136 Å². The van der Waals surface area contributed by atoms with E-state index in [-0.39, 0.29) is 16.2 Å². The molecule has 1 aliphatic rings. The van der Waals surface area contributed by atoms with E-state index >= 15 is 0 Å². The SMILES string of the molecule is CCCCCCC1(CCCCCC)c2cc(-c3ccc(-c4ccc(Br)s4)s3)ccc2-c2ccc(-n3c4ccc(C(C)(C)C)cc4c4cc(C(C)(C)C)ccc43)cc21. The van der Waals surface area contributed by atoms with Gasteiger partial charge in [0.1, 0.15) is 0 Å². The minimum absolute atomic E-state index is 0.0194. The molecule has 296 valence electrons. The molecule has 3 heterocycles. The lowest BCUT2D eigenvalue weighted by atomic mass is 9.70. The molecular formula is C53H60BrNS2. The lowest BCUT2D eigenvalue weighted by Crippen LogP contribution is -2.26. The summed E-state index contributed by atoms with van der Waals surface area (Å²) in [6.07, 6.45) is 12.6. The van der Waals surface area contributed by atoms with Crippen LogP contribution in [0, 0.1) is 0 Å². The zero-order chi connectivity index (χ0) is 40.1. The molecule has 0 amide bonds. The maximum atomic E-state index is 3.68. The average molecular weight is 855 g/mol. The summed E-state index contributed by atoms with van der Waals surface area (Å²) in [5.41, 5.74) is 14.1. The molecule has 0 N–H and O–H groups in total. The van der Waals surface area contributed by atoms with E-state index in [9.17, 15) is 0 Å². The predicted octanol–water partition coefficient (Wildman–Crippen LogP) is 17.8. The van der Waals surface area contributed by atoms with E-state index in [1.54, 1.807) is 11.1 Å². The second kappa shape index (κ2) is 16.0. The number of nitrogens with zero attached hydrogens (tertiary/aromatic N) is 1. The van der Waals surface area contributed by atoms with Crippen molar-refractivity contribution >= 4 is 60.4 Å². The Labute approximate surface area is 358 Å². The van der Waals surface area contributed by atoms with Crippen LogP contribution in [0.15, 0.2) is 101 Å². The molecule has 3 aromatic heterocycles. The van der Waals surface area contributed by atoms with Gasteiger partial charge < -0.3 is 4.57 Å². The Balaban J connectivity index is 1.32. The smallest absolute Gasteiger partial charge is 0.0705 e. The number of fused-ring (bicyclic) bond motifs is 6. The second-order valence-electron chi connectivity index (χ2n) is 18.8. The number of hydrogen-bond donors (Lipinski definition) is 0. The molecule has 4 heteroatoms. The monoisotopic (exact) mass is 853 g/mol. The van der Waals surface area contributed by atoms with Gasteiger partial charge in [0.25, 0.3) is 0 Å². The maximum absolute atomic E-state index is 3.68. The highest BCUT2D eigenvalue weighted by Crippen LogP contribution is 2.56. The van der Waals surface area contributed by atoms with Gasteiger partial charge in [0.05, 0.1) is 14.8 Å². The summed E-state index contributed by atoms with van der Waals surface area (Å²) >= 11 is 7.43. The average Bonchev–Trinajstić information content (AvgIpc) is 3.97. The summed E-state index contributed by atoms with van der Waals surface area (Å²) in [4.78, 5) is 4.03. The van der Waals surface area contributed by atoms with E-state index in [1.165, 1.54) is 138 Å². The Bertz CT molecular complexity index is 2460. The van der Waals surface area contributed by atoms with Crippen molar-refractivity contribution in [2.24, 2.45) is 0 Å². The van der Waals surface area contributed by atoms with Gasteiger partial charge in [-0.15, -0.1) is 22.7 Å². The lowest BCUT2D eigenvalue weighted by molar-refractivity contribution is 0.401. The number of aromatic nitrogens is 1. The van der Waals surface area contributed by atoms with Crippen LogP contribution in [0.1, 0.15) is 142 Å². The molecule has 4 aromatic carbocycles. The number of rotatable bonds is 13. The molecule has 1 nitrogen and oxygen atoms in total. The molecule has 0 fully saturated rings. The number of benzene rings is 4.